The van der Waals surface area contributed by atoms with Crippen LogP contribution in [0.2, 0.25) is 0 Å². The Morgan fingerprint density at radius 2 is 2.04 bits per heavy atom. The maximum atomic E-state index is 12.2. The van der Waals surface area contributed by atoms with Crippen LogP contribution in [0.1, 0.15) is 53.8 Å². The molecule has 2 heterocycles. The molecule has 1 aromatic heterocycles. The zero-order chi connectivity index (χ0) is 16.2. The minimum atomic E-state index is -0.938. The molecule has 5 nitrogen and oxygen atoms in total. The van der Waals surface area contributed by atoms with Crippen molar-refractivity contribution < 1.29 is 14.7 Å². The molecule has 0 spiro atoms. The van der Waals surface area contributed by atoms with Crippen LogP contribution in [0.25, 0.3) is 0 Å². The Bertz CT molecular complexity index is 566. The van der Waals surface area contributed by atoms with Crippen molar-refractivity contribution in [1.29, 1.82) is 0 Å². The van der Waals surface area contributed by atoms with Gasteiger partial charge in [-0.15, -0.1) is 11.3 Å². The number of carboxylic acids is 1. The average molecular weight is 336 g/mol. The molecule has 1 saturated heterocycles. The van der Waals surface area contributed by atoms with E-state index in [1.807, 2.05) is 0 Å². The lowest BCUT2D eigenvalue weighted by Gasteiger charge is -2.31. The Hall–Kier alpha value is -1.40. The smallest absolute Gasteiger partial charge is 0.336 e. The van der Waals surface area contributed by atoms with Crippen LogP contribution in [0.3, 0.4) is 0 Å². The van der Waals surface area contributed by atoms with Crippen LogP contribution >= 0.6 is 11.3 Å². The Kier molecular flexibility index (Phi) is 5.33. The second-order valence-corrected chi connectivity index (χ2v) is 7.62. The summed E-state index contributed by atoms with van der Waals surface area (Å²) in [4.78, 5) is 26.4. The molecule has 2 fully saturated rings. The molecule has 1 atom stereocenters. The Morgan fingerprint density at radius 1 is 1.26 bits per heavy atom. The highest BCUT2D eigenvalue weighted by Crippen LogP contribution is 2.25. The van der Waals surface area contributed by atoms with Crippen molar-refractivity contribution in [2.24, 2.45) is 0 Å². The van der Waals surface area contributed by atoms with Crippen LogP contribution in [0.15, 0.2) is 11.4 Å². The van der Waals surface area contributed by atoms with E-state index >= 15 is 0 Å². The largest absolute Gasteiger partial charge is 0.478 e. The first-order valence-electron chi connectivity index (χ1n) is 8.46. The molecule has 1 saturated carbocycles. The van der Waals surface area contributed by atoms with Gasteiger partial charge in [0.2, 0.25) is 5.91 Å². The number of rotatable bonds is 5. The fourth-order valence-corrected chi connectivity index (χ4v) is 4.56. The van der Waals surface area contributed by atoms with Crippen LogP contribution in [-0.4, -0.2) is 47.1 Å². The maximum Gasteiger partial charge on any atom is 0.336 e. The first-order chi connectivity index (χ1) is 11.1. The third kappa shape index (κ3) is 4.32. The number of hydrogen-bond donors (Lipinski definition) is 2. The fraction of sp³-hybridized carbons (Fsp3) is 0.647. The number of aromatic carboxylic acids is 1. The zero-order valence-electron chi connectivity index (χ0n) is 13.3. The predicted octanol–water partition coefficient (Wildman–Crippen LogP) is 2.51. The van der Waals surface area contributed by atoms with Gasteiger partial charge >= 0.3 is 5.97 Å². The van der Waals surface area contributed by atoms with E-state index in [0.29, 0.717) is 6.04 Å². The van der Waals surface area contributed by atoms with Gasteiger partial charge in [0, 0.05) is 35.4 Å². The number of carbonyl (C=O) groups excluding carboxylic acids is 1. The van der Waals surface area contributed by atoms with Crippen molar-refractivity contribution >= 4 is 23.2 Å². The van der Waals surface area contributed by atoms with E-state index in [9.17, 15) is 9.59 Å². The molecule has 0 radical (unpaired) electrons. The van der Waals surface area contributed by atoms with E-state index in [1.165, 1.54) is 43.4 Å². The minimum absolute atomic E-state index is 0.000664. The lowest BCUT2D eigenvalue weighted by Crippen LogP contribution is -2.40. The summed E-state index contributed by atoms with van der Waals surface area (Å²) in [7, 11) is 0. The number of hydrogen-bond acceptors (Lipinski definition) is 4. The molecule has 3 rings (SSSR count). The van der Waals surface area contributed by atoms with Gasteiger partial charge in [0.25, 0.3) is 0 Å². The Labute approximate surface area is 140 Å². The van der Waals surface area contributed by atoms with Gasteiger partial charge in [-0.25, -0.2) is 4.79 Å². The van der Waals surface area contributed by atoms with Crippen LogP contribution in [0, 0.1) is 0 Å². The van der Waals surface area contributed by atoms with Gasteiger partial charge < -0.3 is 10.4 Å². The quantitative estimate of drug-likeness (QED) is 0.867. The Balaban J connectivity index is 1.45. The van der Waals surface area contributed by atoms with Crippen molar-refractivity contribution in [3.8, 4) is 0 Å². The number of likely N-dealkylation sites (tertiary alicyclic amines) is 1. The lowest BCUT2D eigenvalue weighted by molar-refractivity contribution is -0.121. The van der Waals surface area contributed by atoms with Crippen LogP contribution in [0.5, 0.6) is 0 Å². The number of carboxylic acid groups (broad SMARTS) is 1. The van der Waals surface area contributed by atoms with Crippen LogP contribution in [-0.2, 0) is 11.2 Å². The summed E-state index contributed by atoms with van der Waals surface area (Å²) < 4.78 is 0. The maximum absolute atomic E-state index is 12.2. The minimum Gasteiger partial charge on any atom is -0.478 e. The van der Waals surface area contributed by atoms with Crippen molar-refractivity contribution in [1.82, 2.24) is 10.2 Å². The summed E-state index contributed by atoms with van der Waals surface area (Å²) in [5.41, 5.74) is 0.266. The van der Waals surface area contributed by atoms with Gasteiger partial charge in [0.15, 0.2) is 0 Å². The molecule has 1 aromatic rings. The summed E-state index contributed by atoms with van der Waals surface area (Å²) in [6.07, 6.45) is 7.93. The molecule has 1 amide bonds. The number of amides is 1. The van der Waals surface area contributed by atoms with E-state index < -0.39 is 5.97 Å². The highest BCUT2D eigenvalue weighted by Gasteiger charge is 2.29. The number of thiophene rings is 1. The molecule has 0 aromatic carbocycles. The van der Waals surface area contributed by atoms with E-state index in [0.717, 1.165) is 24.4 Å². The number of carbonyl (C=O) groups is 2. The first-order valence-corrected chi connectivity index (χ1v) is 9.34. The topological polar surface area (TPSA) is 69.6 Å². The van der Waals surface area contributed by atoms with Crippen molar-refractivity contribution in [2.75, 3.05) is 13.1 Å². The molecule has 1 aliphatic heterocycles. The molecular weight excluding hydrogens is 312 g/mol. The summed E-state index contributed by atoms with van der Waals surface area (Å²) in [6.45, 7) is 2.04. The molecule has 126 valence electrons. The van der Waals surface area contributed by atoms with Gasteiger partial charge in [0.1, 0.15) is 0 Å². The van der Waals surface area contributed by atoms with Crippen molar-refractivity contribution in [2.45, 2.75) is 57.0 Å². The monoisotopic (exact) mass is 336 g/mol. The standard InChI is InChI=1S/C17H24N2O3S/c20-16(9-15-8-12(11-23-15)17(21)22)18-13-6-7-19(10-13)14-4-2-1-3-5-14/h8,11,13-14H,1-7,9-10H2,(H,18,20)(H,21,22). The highest BCUT2D eigenvalue weighted by molar-refractivity contribution is 7.10. The summed E-state index contributed by atoms with van der Waals surface area (Å²) in [5, 5.41) is 13.6. The second-order valence-electron chi connectivity index (χ2n) is 6.62. The average Bonchev–Trinajstić information content (AvgIpc) is 3.18. The molecule has 2 N–H and O–H groups in total. The van der Waals surface area contributed by atoms with Gasteiger partial charge in [-0.1, -0.05) is 19.3 Å². The molecule has 0 bridgehead atoms. The SMILES string of the molecule is O=C(Cc1cc(C(=O)O)cs1)NC1CCN(C2CCCCC2)C1. The molecule has 23 heavy (non-hydrogen) atoms. The Morgan fingerprint density at radius 3 is 2.74 bits per heavy atom. The van der Waals surface area contributed by atoms with Gasteiger partial charge in [-0.05, 0) is 25.3 Å². The van der Waals surface area contributed by atoms with E-state index in [-0.39, 0.29) is 23.9 Å². The molecular formula is C17H24N2O3S. The van der Waals surface area contributed by atoms with Crippen molar-refractivity contribution in [3.63, 3.8) is 0 Å². The van der Waals surface area contributed by atoms with Crippen molar-refractivity contribution in [3.05, 3.63) is 21.9 Å². The molecule has 2 aliphatic rings. The van der Waals surface area contributed by atoms with Gasteiger partial charge in [0.05, 0.1) is 12.0 Å². The van der Waals surface area contributed by atoms with E-state index in [4.69, 9.17) is 5.11 Å². The predicted molar refractivity (Wildman–Crippen MR) is 90.0 cm³/mol. The number of nitrogens with one attached hydrogen (secondary N) is 1. The fourth-order valence-electron chi connectivity index (χ4n) is 3.71. The summed E-state index contributed by atoms with van der Waals surface area (Å²) in [6, 6.07) is 2.54. The molecule has 1 aliphatic carbocycles. The lowest BCUT2D eigenvalue weighted by atomic mass is 9.94. The van der Waals surface area contributed by atoms with Crippen LogP contribution in [0.4, 0.5) is 0 Å². The third-order valence-electron chi connectivity index (χ3n) is 4.91. The second kappa shape index (κ2) is 7.45. The zero-order valence-corrected chi connectivity index (χ0v) is 14.1. The molecule has 6 heteroatoms. The third-order valence-corrected chi connectivity index (χ3v) is 5.85. The molecule has 1 unspecified atom stereocenters. The van der Waals surface area contributed by atoms with E-state index in [1.54, 1.807) is 11.4 Å². The van der Waals surface area contributed by atoms with Crippen LogP contribution < -0.4 is 5.32 Å². The summed E-state index contributed by atoms with van der Waals surface area (Å²) >= 11 is 1.34. The van der Waals surface area contributed by atoms with Gasteiger partial charge in [-0.2, -0.15) is 0 Å². The number of nitrogens with zero attached hydrogens (tertiary/aromatic N) is 1. The van der Waals surface area contributed by atoms with Gasteiger partial charge in [-0.3, -0.25) is 9.69 Å². The first kappa shape index (κ1) is 16.5. The normalized spacial score (nSPS) is 23.0. The van der Waals surface area contributed by atoms with E-state index in [2.05, 4.69) is 10.2 Å². The summed E-state index contributed by atoms with van der Waals surface area (Å²) in [5.74, 6) is -0.939. The highest BCUT2D eigenvalue weighted by atomic mass is 32.1.